The van der Waals surface area contributed by atoms with Crippen molar-refractivity contribution in [2.75, 3.05) is 46.3 Å². The number of allylic oxidation sites excluding steroid dienone is 1. The summed E-state index contributed by atoms with van der Waals surface area (Å²) in [6, 6.07) is 37.2. The number of ketones is 1. The number of nitrogens with zero attached hydrogens (tertiary/aromatic N) is 3. The van der Waals surface area contributed by atoms with E-state index in [0.717, 1.165) is 27.2 Å². The summed E-state index contributed by atoms with van der Waals surface area (Å²) in [5.41, 5.74) is 5.01. The van der Waals surface area contributed by atoms with E-state index in [-0.39, 0.29) is 104 Å². The van der Waals surface area contributed by atoms with Gasteiger partial charge in [-0.15, -0.1) is 0 Å². The third-order valence-corrected chi connectivity index (χ3v) is 16.2. The molecule has 1 fully saturated rings. The average molecular weight is 1220 g/mol. The van der Waals surface area contributed by atoms with Crippen LogP contribution in [-0.2, 0) is 46.8 Å². The second kappa shape index (κ2) is 33.9. The van der Waals surface area contributed by atoms with E-state index in [9.17, 15) is 48.3 Å². The molecule has 0 spiro atoms. The molecule has 19 nitrogen and oxygen atoms in total. The van der Waals surface area contributed by atoms with Crippen LogP contribution in [0.15, 0.2) is 138 Å². The first-order chi connectivity index (χ1) is 42.5. The standard InChI is InChI=1S/C68H80ClN7O12/c1-46-21-18-28-52(47(46)2)64(81)71-38-15-17-41-75(42-20-39-72-65(82)53-29-19-30-57(87-44-48-22-8-4-9-23-48)63(53)88-45-49-24-10-5-11-25-49)60(80)36-34-58(78)70-37-14-7-16-40-74(3)59(79)35-31-51(77)43-54(50-26-12-6-13-27-50)66(83)73-61-56-33-32-55(69)62(68(85)86)76(56)67(61)84/h4-6,8-13,18-19,21-30,54,56,61H,7,14-17,20,31-45H2,1-3H3,(H,70,78)(H,71,81)(H,72,82)(H,73,83)(H,85,86)/t54-,56?,61+/m1/s1. The topological polar surface area (TPSA) is 250 Å². The number of para-hydroxylation sites is 1. The summed E-state index contributed by atoms with van der Waals surface area (Å²) >= 11 is 6.13. The molecule has 0 bridgehead atoms. The molecule has 0 aromatic heterocycles. The monoisotopic (exact) mass is 1220 g/mol. The van der Waals surface area contributed by atoms with Gasteiger partial charge in [-0.2, -0.15) is 0 Å². The third-order valence-electron chi connectivity index (χ3n) is 15.8. The fraction of sp³-hybridized carbons (Fsp3) is 0.397. The summed E-state index contributed by atoms with van der Waals surface area (Å²) in [7, 11) is 1.65. The van der Waals surface area contributed by atoms with Crippen LogP contribution in [0.3, 0.4) is 0 Å². The highest BCUT2D eigenvalue weighted by Crippen LogP contribution is 2.39. The van der Waals surface area contributed by atoms with Crippen molar-refractivity contribution in [3.8, 4) is 11.5 Å². The molecule has 20 heteroatoms. The molecular formula is C68H80ClN7O12. The summed E-state index contributed by atoms with van der Waals surface area (Å²) in [5, 5.41) is 21.3. The number of Topliss-reactive ketones (excluding diaryl/α,β-unsaturated/α-hetero) is 1. The van der Waals surface area contributed by atoms with Gasteiger partial charge in [0.1, 0.15) is 30.7 Å². The van der Waals surface area contributed by atoms with Gasteiger partial charge in [0.25, 0.3) is 17.7 Å². The maximum absolute atomic E-state index is 13.8. The third kappa shape index (κ3) is 19.3. The fourth-order valence-electron chi connectivity index (χ4n) is 10.6. The van der Waals surface area contributed by atoms with Gasteiger partial charge in [0.15, 0.2) is 11.5 Å². The number of fused-ring (bicyclic) bond motifs is 1. The van der Waals surface area contributed by atoms with E-state index in [1.807, 2.05) is 86.6 Å². The van der Waals surface area contributed by atoms with Gasteiger partial charge < -0.3 is 45.6 Å². The highest BCUT2D eigenvalue weighted by Gasteiger charge is 2.53. The normalized spacial score (nSPS) is 14.5. The Balaban J connectivity index is 0.832. The summed E-state index contributed by atoms with van der Waals surface area (Å²) in [6.07, 6.45) is 3.77. The lowest BCUT2D eigenvalue weighted by atomic mass is 9.85. The van der Waals surface area contributed by atoms with E-state index in [4.69, 9.17) is 21.1 Å². The Morgan fingerprint density at radius 2 is 1.22 bits per heavy atom. The number of carboxylic acids is 1. The molecule has 7 amide bonds. The van der Waals surface area contributed by atoms with Crippen LogP contribution in [0, 0.1) is 13.8 Å². The van der Waals surface area contributed by atoms with Crippen molar-refractivity contribution in [1.82, 2.24) is 36.0 Å². The lowest BCUT2D eigenvalue weighted by molar-refractivity contribution is -0.156. The molecule has 1 saturated heterocycles. The number of carbonyl (C=O) groups excluding carboxylic acids is 8. The van der Waals surface area contributed by atoms with E-state index in [1.165, 1.54) is 0 Å². The Morgan fingerprint density at radius 3 is 1.91 bits per heavy atom. The molecule has 7 rings (SSSR count). The number of ether oxygens (including phenoxy) is 2. The minimum Gasteiger partial charge on any atom is -0.485 e. The molecule has 2 aliphatic heterocycles. The molecule has 5 aromatic rings. The first-order valence-electron chi connectivity index (χ1n) is 30.2. The second-order valence-electron chi connectivity index (χ2n) is 22.2. The Hall–Kier alpha value is -8.84. The van der Waals surface area contributed by atoms with Crippen molar-refractivity contribution in [1.29, 1.82) is 0 Å². The van der Waals surface area contributed by atoms with Crippen molar-refractivity contribution in [3.05, 3.63) is 177 Å². The van der Waals surface area contributed by atoms with Crippen LogP contribution in [0.4, 0.5) is 0 Å². The number of carboxylic acid groups (broad SMARTS) is 1. The molecule has 2 heterocycles. The maximum atomic E-state index is 13.8. The fourth-order valence-corrected chi connectivity index (χ4v) is 10.9. The number of unbranched alkanes of at least 4 members (excludes halogenated alkanes) is 3. The minimum atomic E-state index is -1.32. The van der Waals surface area contributed by atoms with Crippen molar-refractivity contribution >= 4 is 64.7 Å². The molecule has 5 aromatic carbocycles. The van der Waals surface area contributed by atoms with Crippen molar-refractivity contribution in [2.45, 2.75) is 129 Å². The SMILES string of the molecule is Cc1cccc(C(=O)NCCCCN(CCCNC(=O)c2cccc(OCc3ccccc3)c2OCc2ccccc2)C(=O)CCC(=O)NCCCCCN(C)C(=O)CCC(=O)C[C@@H](C(=O)N[C@@H]2C(=O)N3C(C(=O)O)=C(Cl)CCC23)c2ccccc2)c1C. The first-order valence-corrected chi connectivity index (χ1v) is 30.6. The molecule has 3 atom stereocenters. The quantitative estimate of drug-likeness (QED) is 0.0189. The molecule has 0 saturated carbocycles. The van der Waals surface area contributed by atoms with Crippen molar-refractivity contribution < 1.29 is 57.7 Å². The number of benzene rings is 5. The number of halogens is 1. The van der Waals surface area contributed by atoms with Gasteiger partial charge in [0, 0.05) is 89.0 Å². The van der Waals surface area contributed by atoms with Gasteiger partial charge in [0.2, 0.25) is 23.6 Å². The lowest BCUT2D eigenvalue weighted by Gasteiger charge is -2.49. The maximum Gasteiger partial charge on any atom is 0.353 e. The predicted octanol–water partition coefficient (Wildman–Crippen LogP) is 8.69. The molecule has 466 valence electrons. The van der Waals surface area contributed by atoms with Gasteiger partial charge in [-0.05, 0) is 111 Å². The summed E-state index contributed by atoms with van der Waals surface area (Å²) in [6.45, 7) is 6.50. The molecule has 0 radical (unpaired) electrons. The minimum absolute atomic E-state index is 0.0264. The number of amides is 7. The van der Waals surface area contributed by atoms with Gasteiger partial charge in [-0.1, -0.05) is 121 Å². The van der Waals surface area contributed by atoms with Crippen LogP contribution in [0.2, 0.25) is 0 Å². The van der Waals surface area contributed by atoms with Gasteiger partial charge >= 0.3 is 5.97 Å². The van der Waals surface area contributed by atoms with Gasteiger partial charge in [-0.3, -0.25) is 43.3 Å². The number of carbonyl (C=O) groups is 9. The highest BCUT2D eigenvalue weighted by atomic mass is 35.5. The Kier molecular flexibility index (Phi) is 25.7. The summed E-state index contributed by atoms with van der Waals surface area (Å²) in [4.78, 5) is 123. The van der Waals surface area contributed by atoms with E-state index < -0.39 is 35.8 Å². The second-order valence-corrected chi connectivity index (χ2v) is 22.6. The van der Waals surface area contributed by atoms with Gasteiger partial charge in [0.05, 0.1) is 17.5 Å². The number of β-lactam (4-membered cyclic amide) rings is 1. The number of rotatable bonds is 35. The Bertz CT molecular complexity index is 3270. The zero-order valence-electron chi connectivity index (χ0n) is 50.4. The van der Waals surface area contributed by atoms with Crippen LogP contribution in [-0.4, -0.2) is 131 Å². The Labute approximate surface area is 519 Å². The number of hydrogen-bond donors (Lipinski definition) is 5. The smallest absolute Gasteiger partial charge is 0.353 e. The van der Waals surface area contributed by atoms with Crippen LogP contribution >= 0.6 is 11.6 Å². The van der Waals surface area contributed by atoms with Crippen LogP contribution in [0.25, 0.3) is 0 Å². The van der Waals surface area contributed by atoms with Crippen molar-refractivity contribution in [2.24, 2.45) is 0 Å². The zero-order valence-corrected chi connectivity index (χ0v) is 51.1. The average Bonchev–Trinajstić information content (AvgIpc) is 0.775. The van der Waals surface area contributed by atoms with Crippen LogP contribution in [0.1, 0.15) is 138 Å². The first kappa shape index (κ1) is 66.7. The van der Waals surface area contributed by atoms with Crippen LogP contribution in [0.5, 0.6) is 11.5 Å². The van der Waals surface area contributed by atoms with Crippen LogP contribution < -0.4 is 30.7 Å². The van der Waals surface area contributed by atoms with E-state index in [0.29, 0.717) is 106 Å². The molecular weight excluding hydrogens is 1140 g/mol. The molecule has 5 N–H and O–H groups in total. The highest BCUT2D eigenvalue weighted by molar-refractivity contribution is 6.32. The largest absolute Gasteiger partial charge is 0.485 e. The lowest BCUT2D eigenvalue weighted by Crippen LogP contribution is -2.71. The van der Waals surface area contributed by atoms with Crippen molar-refractivity contribution in [3.63, 3.8) is 0 Å². The molecule has 0 aliphatic carbocycles. The van der Waals surface area contributed by atoms with Gasteiger partial charge in [-0.25, -0.2) is 4.79 Å². The summed E-state index contributed by atoms with van der Waals surface area (Å²) in [5.74, 6) is -4.23. The predicted molar refractivity (Wildman–Crippen MR) is 333 cm³/mol. The van der Waals surface area contributed by atoms with E-state index in [1.54, 1.807) is 71.4 Å². The zero-order chi connectivity index (χ0) is 63.0. The number of aliphatic carboxylic acids is 1. The number of aryl methyl sites for hydroxylation is 1. The Morgan fingerprint density at radius 1 is 0.636 bits per heavy atom. The molecule has 88 heavy (non-hydrogen) atoms. The number of hydrogen-bond acceptors (Lipinski definition) is 11. The number of nitrogens with one attached hydrogen (secondary N) is 4. The molecule has 2 aliphatic rings. The van der Waals surface area contributed by atoms with E-state index >= 15 is 0 Å². The van der Waals surface area contributed by atoms with E-state index in [2.05, 4.69) is 21.3 Å². The molecule has 1 unspecified atom stereocenters. The summed E-state index contributed by atoms with van der Waals surface area (Å²) < 4.78 is 12.5.